The summed E-state index contributed by atoms with van der Waals surface area (Å²) in [7, 11) is 16.7. The molecule has 0 N–H and O–H groups in total. The minimum absolute atomic E-state index is 0.426. The zero-order valence-electron chi connectivity index (χ0n) is 8.98. The van der Waals surface area contributed by atoms with Crippen LogP contribution in [0.15, 0.2) is 0 Å². The van der Waals surface area contributed by atoms with Gasteiger partial charge in [0.2, 0.25) is 21.6 Å². The van der Waals surface area contributed by atoms with Gasteiger partial charge in [-0.3, -0.25) is 0 Å². The molecular weight excluding hydrogens is 172 g/mol. The van der Waals surface area contributed by atoms with Crippen LogP contribution in [0.1, 0.15) is 0 Å². The lowest BCUT2D eigenvalue weighted by atomic mass is 9.55. The number of rotatable bonds is 9. The molecule has 0 bridgehead atoms. The summed E-state index contributed by atoms with van der Waals surface area (Å²) >= 11 is 0. The van der Waals surface area contributed by atoms with Crippen molar-refractivity contribution < 1.29 is 9.31 Å². The van der Waals surface area contributed by atoms with E-state index in [1.807, 2.05) is 14.1 Å². The lowest BCUT2D eigenvalue weighted by Gasteiger charge is -2.20. The van der Waals surface area contributed by atoms with Crippen LogP contribution in [0.2, 0.25) is 12.6 Å². The van der Waals surface area contributed by atoms with Gasteiger partial charge in [0, 0.05) is 13.2 Å². The van der Waals surface area contributed by atoms with Crippen molar-refractivity contribution in [3.63, 3.8) is 0 Å². The van der Waals surface area contributed by atoms with E-state index >= 15 is 0 Å². The third-order valence-electron chi connectivity index (χ3n) is 2.06. The summed E-state index contributed by atoms with van der Waals surface area (Å²) in [5.41, 5.74) is 0. The normalized spacial score (nSPS) is 10.2. The van der Waals surface area contributed by atoms with E-state index in [-0.39, 0.29) is 0 Å². The zero-order valence-corrected chi connectivity index (χ0v) is 8.98. The third-order valence-corrected chi connectivity index (χ3v) is 2.06. The first-order chi connectivity index (χ1) is 6.72. The maximum Gasteiger partial charge on any atom is 0.230 e. The molecule has 0 amide bonds. The fraction of sp³-hybridized carbons (Fsp3) is 1.00. The first kappa shape index (κ1) is 14.2. The molecule has 0 aromatic carbocycles. The quantitative estimate of drug-likeness (QED) is 0.340. The van der Waals surface area contributed by atoms with Gasteiger partial charge in [0.15, 0.2) is 0 Å². The van der Waals surface area contributed by atoms with Gasteiger partial charge >= 0.3 is 0 Å². The Labute approximate surface area is 91.7 Å². The van der Waals surface area contributed by atoms with Crippen LogP contribution < -0.4 is 0 Å². The molecule has 0 aromatic rings. The second kappa shape index (κ2) is 9.75. The average Bonchev–Trinajstić information content (AvgIpc) is 2.15. The van der Waals surface area contributed by atoms with Crippen molar-refractivity contribution in [3.8, 4) is 0 Å². The van der Waals surface area contributed by atoms with Gasteiger partial charge in [0.25, 0.3) is 0 Å². The van der Waals surface area contributed by atoms with E-state index in [4.69, 9.17) is 24.8 Å². The van der Waals surface area contributed by atoms with E-state index in [0.717, 1.165) is 12.6 Å². The van der Waals surface area contributed by atoms with Crippen LogP contribution in [0.5, 0.6) is 0 Å². The van der Waals surface area contributed by atoms with Crippen molar-refractivity contribution >= 4 is 37.1 Å². The Hall–Kier alpha value is 0.205. The summed E-state index contributed by atoms with van der Waals surface area (Å²) in [5.74, 6) is 0. The molecule has 0 spiro atoms. The highest BCUT2D eigenvalue weighted by atomic mass is 16.4. The summed E-state index contributed by atoms with van der Waals surface area (Å²) in [6, 6.07) is 0. The molecule has 0 aromatic heterocycles. The molecule has 0 unspecified atom stereocenters. The predicted octanol–water partition coefficient (Wildman–Crippen LogP) is -1.02. The molecule has 0 atom stereocenters. The van der Waals surface area contributed by atoms with Crippen LogP contribution in [-0.4, -0.2) is 69.2 Å². The van der Waals surface area contributed by atoms with Gasteiger partial charge in [0.05, 0.1) is 15.5 Å². The van der Waals surface area contributed by atoms with Gasteiger partial charge in [-0.1, -0.05) is 0 Å². The lowest BCUT2D eigenvalue weighted by molar-refractivity contribution is 0.354. The molecule has 14 heavy (non-hydrogen) atoms. The van der Waals surface area contributed by atoms with Crippen molar-refractivity contribution in [3.05, 3.63) is 0 Å². The van der Waals surface area contributed by atoms with Crippen molar-refractivity contribution in [1.82, 2.24) is 4.81 Å². The lowest BCUT2D eigenvalue weighted by Crippen LogP contribution is -2.35. The van der Waals surface area contributed by atoms with Crippen LogP contribution in [0.3, 0.4) is 0 Å². The molecule has 8 heteroatoms. The smallest absolute Gasteiger partial charge is 0.230 e. The second-order valence-corrected chi connectivity index (χ2v) is 3.21. The fourth-order valence-electron chi connectivity index (χ4n) is 1.20. The highest BCUT2D eigenvalue weighted by Gasteiger charge is 2.15. The minimum atomic E-state index is 0.426. The SMILES string of the molecule is [B][B]OCCB(CCO[B][B])N(C)C. The first-order valence-corrected chi connectivity index (χ1v) is 4.68. The molecule has 0 rings (SSSR count). The maximum atomic E-state index is 5.11. The van der Waals surface area contributed by atoms with Gasteiger partial charge in [-0.25, -0.2) is 0 Å². The van der Waals surface area contributed by atoms with Gasteiger partial charge in [-0.05, 0) is 26.7 Å². The molecule has 0 aliphatic heterocycles. The monoisotopic (exact) mass is 187 g/mol. The molecule has 6 radical (unpaired) electrons. The van der Waals surface area contributed by atoms with E-state index in [1.165, 1.54) is 14.7 Å². The summed E-state index contributed by atoms with van der Waals surface area (Å²) in [5, 5.41) is 0. The van der Waals surface area contributed by atoms with Crippen LogP contribution >= 0.6 is 0 Å². The summed E-state index contributed by atoms with van der Waals surface area (Å²) < 4.78 is 9.95. The molecule has 0 fully saturated rings. The highest BCUT2D eigenvalue weighted by Crippen LogP contribution is 2.02. The van der Waals surface area contributed by atoms with E-state index in [1.54, 1.807) is 0 Å². The Morgan fingerprint density at radius 2 is 1.50 bits per heavy atom. The molecule has 0 aliphatic rings. The Morgan fingerprint density at radius 1 is 1.07 bits per heavy atom. The predicted molar refractivity (Wildman–Crippen MR) is 64.0 cm³/mol. The van der Waals surface area contributed by atoms with E-state index in [2.05, 4.69) is 4.81 Å². The summed E-state index contributed by atoms with van der Waals surface area (Å²) in [6.07, 6.45) is 1.85. The Kier molecular flexibility index (Phi) is 9.89. The topological polar surface area (TPSA) is 21.7 Å². The van der Waals surface area contributed by atoms with E-state index in [9.17, 15) is 0 Å². The Balaban J connectivity index is 3.55. The van der Waals surface area contributed by atoms with Crippen molar-refractivity contribution in [2.24, 2.45) is 0 Å². The van der Waals surface area contributed by atoms with Gasteiger partial charge < -0.3 is 14.1 Å². The van der Waals surface area contributed by atoms with E-state index < -0.39 is 0 Å². The first-order valence-electron chi connectivity index (χ1n) is 4.68. The van der Waals surface area contributed by atoms with Gasteiger partial charge in [-0.15, -0.1) is 0 Å². The van der Waals surface area contributed by atoms with Crippen molar-refractivity contribution in [2.75, 3.05) is 27.3 Å². The van der Waals surface area contributed by atoms with E-state index in [0.29, 0.717) is 20.1 Å². The van der Waals surface area contributed by atoms with Crippen LogP contribution in [0, 0.1) is 0 Å². The number of hydrogen-bond donors (Lipinski definition) is 0. The van der Waals surface area contributed by atoms with Crippen LogP contribution in [-0.2, 0) is 9.31 Å². The highest BCUT2D eigenvalue weighted by molar-refractivity contribution is 6.85. The summed E-state index contributed by atoms with van der Waals surface area (Å²) in [6.45, 7) is 1.69. The van der Waals surface area contributed by atoms with Crippen molar-refractivity contribution in [1.29, 1.82) is 0 Å². The molecular formula is C6H14B5NO2. The third kappa shape index (κ3) is 7.59. The molecule has 0 heterocycles. The summed E-state index contributed by atoms with van der Waals surface area (Å²) in [4.78, 5) is 2.14. The fourth-order valence-corrected chi connectivity index (χ4v) is 1.20. The average molecular weight is 186 g/mol. The zero-order chi connectivity index (χ0) is 10.8. The standard InChI is InChI=1S/C6H14B5NO2/c1-12(2)11(3-5-13-9-7)4-6-14-10-8/h3-6H2,1-2H3. The Morgan fingerprint density at radius 3 is 1.79 bits per heavy atom. The maximum absolute atomic E-state index is 5.11. The second-order valence-electron chi connectivity index (χ2n) is 3.21. The Bertz CT molecular complexity index is 119. The van der Waals surface area contributed by atoms with Gasteiger partial charge in [0.1, 0.15) is 0 Å². The molecule has 70 valence electrons. The molecule has 3 nitrogen and oxygen atoms in total. The molecule has 0 saturated heterocycles. The number of nitrogens with zero attached hydrogens (tertiary/aromatic N) is 1. The van der Waals surface area contributed by atoms with Crippen LogP contribution in [0.25, 0.3) is 0 Å². The van der Waals surface area contributed by atoms with Crippen LogP contribution in [0.4, 0.5) is 0 Å². The largest absolute Gasteiger partial charge is 0.453 e. The van der Waals surface area contributed by atoms with Gasteiger partial charge in [-0.2, -0.15) is 0 Å². The number of hydrogen-bond acceptors (Lipinski definition) is 3. The molecule has 0 saturated carbocycles. The molecule has 0 aliphatic carbocycles. The van der Waals surface area contributed by atoms with Crippen molar-refractivity contribution in [2.45, 2.75) is 12.6 Å². The minimum Gasteiger partial charge on any atom is -0.453 e.